The number of rotatable bonds is 2. The third-order valence-electron chi connectivity index (χ3n) is 5.26. The van der Waals surface area contributed by atoms with Gasteiger partial charge in [0.15, 0.2) is 0 Å². The van der Waals surface area contributed by atoms with Gasteiger partial charge >= 0.3 is 0 Å². The van der Waals surface area contributed by atoms with Crippen LogP contribution >= 0.6 is 0 Å². The fraction of sp³-hybridized carbons (Fsp3) is 0.933. The molecule has 20 heavy (non-hydrogen) atoms. The van der Waals surface area contributed by atoms with Crippen molar-refractivity contribution in [3.63, 3.8) is 0 Å². The fourth-order valence-corrected chi connectivity index (χ4v) is 4.08. The summed E-state index contributed by atoms with van der Waals surface area (Å²) in [5.41, 5.74) is 0. The van der Waals surface area contributed by atoms with E-state index >= 15 is 0 Å². The van der Waals surface area contributed by atoms with E-state index in [4.69, 9.17) is 0 Å². The quantitative estimate of drug-likeness (QED) is 0.762. The molecule has 3 aliphatic rings. The summed E-state index contributed by atoms with van der Waals surface area (Å²) in [4.78, 5) is 19.3. The van der Waals surface area contributed by atoms with Crippen molar-refractivity contribution in [3.8, 4) is 0 Å². The van der Waals surface area contributed by atoms with Gasteiger partial charge in [0.1, 0.15) is 0 Å². The van der Waals surface area contributed by atoms with Crippen molar-refractivity contribution in [2.24, 2.45) is 5.92 Å². The van der Waals surface area contributed by atoms with E-state index in [0.29, 0.717) is 12.5 Å². The van der Waals surface area contributed by atoms with Gasteiger partial charge < -0.3 is 15.1 Å². The van der Waals surface area contributed by atoms with Crippen molar-refractivity contribution in [1.29, 1.82) is 0 Å². The second-order valence-corrected chi connectivity index (χ2v) is 6.60. The molecule has 3 fully saturated rings. The SMILES string of the molecule is CN1CCCC2CN(CC(=O)N3CCNCC3)CCC21. The smallest absolute Gasteiger partial charge is 0.236 e. The predicted octanol–water partition coefficient (Wildman–Crippen LogP) is -0.166. The Morgan fingerprint density at radius 1 is 1.15 bits per heavy atom. The molecule has 3 heterocycles. The Bertz CT molecular complexity index is 343. The molecular formula is C15H28N4O. The van der Waals surface area contributed by atoms with Gasteiger partial charge in [-0.25, -0.2) is 0 Å². The van der Waals surface area contributed by atoms with Gasteiger partial charge in [-0.2, -0.15) is 0 Å². The lowest BCUT2D eigenvalue weighted by molar-refractivity contribution is -0.133. The summed E-state index contributed by atoms with van der Waals surface area (Å²) >= 11 is 0. The molecule has 0 spiro atoms. The lowest BCUT2D eigenvalue weighted by Crippen LogP contribution is -2.55. The van der Waals surface area contributed by atoms with E-state index in [1.807, 2.05) is 4.90 Å². The van der Waals surface area contributed by atoms with Crippen LogP contribution in [0.4, 0.5) is 0 Å². The molecule has 0 aromatic heterocycles. The summed E-state index contributed by atoms with van der Waals surface area (Å²) in [7, 11) is 2.26. The summed E-state index contributed by atoms with van der Waals surface area (Å²) < 4.78 is 0. The molecule has 0 aliphatic carbocycles. The van der Waals surface area contributed by atoms with Crippen LogP contribution in [0.15, 0.2) is 0 Å². The Morgan fingerprint density at radius 2 is 1.95 bits per heavy atom. The van der Waals surface area contributed by atoms with E-state index in [2.05, 4.69) is 22.2 Å². The highest BCUT2D eigenvalue weighted by atomic mass is 16.2. The molecule has 2 unspecified atom stereocenters. The number of fused-ring (bicyclic) bond motifs is 1. The van der Waals surface area contributed by atoms with Crippen molar-refractivity contribution in [3.05, 3.63) is 0 Å². The average molecular weight is 280 g/mol. The number of hydrogen-bond donors (Lipinski definition) is 1. The molecule has 0 bridgehead atoms. The molecule has 114 valence electrons. The van der Waals surface area contributed by atoms with Crippen LogP contribution in [-0.4, -0.2) is 86.1 Å². The summed E-state index contributed by atoms with van der Waals surface area (Å²) in [6.07, 6.45) is 3.89. The third-order valence-corrected chi connectivity index (χ3v) is 5.26. The lowest BCUT2D eigenvalue weighted by atomic mass is 9.84. The molecular weight excluding hydrogens is 252 g/mol. The molecule has 1 amide bonds. The molecule has 5 heteroatoms. The Hall–Kier alpha value is -0.650. The monoisotopic (exact) mass is 280 g/mol. The number of likely N-dealkylation sites (tertiary alicyclic amines) is 2. The van der Waals surface area contributed by atoms with Crippen LogP contribution in [0.5, 0.6) is 0 Å². The predicted molar refractivity (Wildman–Crippen MR) is 79.6 cm³/mol. The molecule has 3 aliphatic heterocycles. The first-order chi connectivity index (χ1) is 9.74. The van der Waals surface area contributed by atoms with Gasteiger partial charge in [-0.15, -0.1) is 0 Å². The van der Waals surface area contributed by atoms with Crippen molar-refractivity contribution in [2.45, 2.75) is 25.3 Å². The summed E-state index contributed by atoms with van der Waals surface area (Å²) in [5, 5.41) is 3.30. The maximum absolute atomic E-state index is 12.3. The van der Waals surface area contributed by atoms with Crippen LogP contribution in [0.25, 0.3) is 0 Å². The zero-order valence-corrected chi connectivity index (χ0v) is 12.7. The Balaban J connectivity index is 1.50. The second kappa shape index (κ2) is 6.41. The number of nitrogens with one attached hydrogen (secondary N) is 1. The molecule has 3 rings (SSSR count). The molecule has 5 nitrogen and oxygen atoms in total. The Labute approximate surface area is 122 Å². The highest BCUT2D eigenvalue weighted by Crippen LogP contribution is 2.29. The van der Waals surface area contributed by atoms with Gasteiger partial charge in [0, 0.05) is 45.3 Å². The minimum atomic E-state index is 0.328. The summed E-state index contributed by atoms with van der Waals surface area (Å²) in [6.45, 7) is 7.73. The van der Waals surface area contributed by atoms with E-state index in [-0.39, 0.29) is 0 Å². The molecule has 2 atom stereocenters. The average Bonchev–Trinajstić information content (AvgIpc) is 2.48. The van der Waals surface area contributed by atoms with Crippen molar-refractivity contribution >= 4 is 5.91 Å². The van der Waals surface area contributed by atoms with Gasteiger partial charge in [0.2, 0.25) is 5.91 Å². The number of piperazine rings is 1. The first-order valence-corrected chi connectivity index (χ1v) is 8.15. The highest BCUT2D eigenvalue weighted by Gasteiger charge is 2.35. The largest absolute Gasteiger partial charge is 0.339 e. The van der Waals surface area contributed by atoms with Crippen LogP contribution in [-0.2, 0) is 4.79 Å². The fourth-order valence-electron chi connectivity index (χ4n) is 4.08. The Kier molecular flexibility index (Phi) is 4.58. The minimum Gasteiger partial charge on any atom is -0.339 e. The number of carbonyl (C=O) groups is 1. The van der Waals surface area contributed by atoms with Crippen LogP contribution in [0.3, 0.4) is 0 Å². The third kappa shape index (κ3) is 3.15. The number of nitrogens with zero attached hydrogens (tertiary/aromatic N) is 3. The molecule has 1 N–H and O–H groups in total. The lowest BCUT2D eigenvalue weighted by Gasteiger charge is -2.46. The molecule has 0 aromatic carbocycles. The number of carbonyl (C=O) groups excluding carboxylic acids is 1. The first kappa shape index (κ1) is 14.3. The van der Waals surface area contributed by atoms with E-state index in [1.165, 1.54) is 25.8 Å². The normalized spacial score (nSPS) is 33.0. The number of amides is 1. The van der Waals surface area contributed by atoms with Gasteiger partial charge in [0.05, 0.1) is 6.54 Å². The van der Waals surface area contributed by atoms with Crippen LogP contribution in [0.2, 0.25) is 0 Å². The van der Waals surface area contributed by atoms with E-state index < -0.39 is 0 Å². The summed E-state index contributed by atoms with van der Waals surface area (Å²) in [6, 6.07) is 0.759. The standard InChI is InChI=1S/C15H28N4O/c1-17-7-2-3-13-11-18(8-4-14(13)17)12-15(20)19-9-5-16-6-10-19/h13-14,16H,2-12H2,1H3. The van der Waals surface area contributed by atoms with Crippen LogP contribution in [0.1, 0.15) is 19.3 Å². The maximum Gasteiger partial charge on any atom is 0.236 e. The Morgan fingerprint density at radius 3 is 2.75 bits per heavy atom. The van der Waals surface area contributed by atoms with E-state index in [0.717, 1.165) is 51.2 Å². The van der Waals surface area contributed by atoms with Crippen molar-refractivity contribution in [1.82, 2.24) is 20.0 Å². The maximum atomic E-state index is 12.3. The number of piperidine rings is 2. The highest BCUT2D eigenvalue weighted by molar-refractivity contribution is 5.78. The van der Waals surface area contributed by atoms with Gasteiger partial charge in [0.25, 0.3) is 0 Å². The first-order valence-electron chi connectivity index (χ1n) is 8.15. The van der Waals surface area contributed by atoms with E-state index in [1.54, 1.807) is 0 Å². The van der Waals surface area contributed by atoms with Gasteiger partial charge in [-0.3, -0.25) is 9.69 Å². The topological polar surface area (TPSA) is 38.8 Å². The van der Waals surface area contributed by atoms with Gasteiger partial charge in [-0.1, -0.05) is 0 Å². The summed E-state index contributed by atoms with van der Waals surface area (Å²) in [5.74, 6) is 1.10. The molecule has 3 saturated heterocycles. The zero-order valence-electron chi connectivity index (χ0n) is 12.7. The van der Waals surface area contributed by atoms with Crippen LogP contribution < -0.4 is 5.32 Å². The van der Waals surface area contributed by atoms with Gasteiger partial charge in [-0.05, 0) is 38.8 Å². The number of hydrogen-bond acceptors (Lipinski definition) is 4. The second-order valence-electron chi connectivity index (χ2n) is 6.60. The van der Waals surface area contributed by atoms with E-state index in [9.17, 15) is 4.79 Å². The molecule has 0 radical (unpaired) electrons. The van der Waals surface area contributed by atoms with Crippen molar-refractivity contribution in [2.75, 3.05) is 59.4 Å². The molecule has 0 aromatic rings. The zero-order chi connectivity index (χ0) is 13.9. The van der Waals surface area contributed by atoms with Crippen molar-refractivity contribution < 1.29 is 4.79 Å². The van der Waals surface area contributed by atoms with Crippen LogP contribution in [0, 0.1) is 5.92 Å². The minimum absolute atomic E-state index is 0.328. The molecule has 0 saturated carbocycles.